The van der Waals surface area contributed by atoms with Gasteiger partial charge in [0.1, 0.15) is 11.6 Å². The van der Waals surface area contributed by atoms with Crippen LogP contribution in [0.15, 0.2) is 35.1 Å². The lowest BCUT2D eigenvalue weighted by atomic mass is 9.92. The van der Waals surface area contributed by atoms with Crippen LogP contribution in [0.4, 0.5) is 10.3 Å². The first-order valence-electron chi connectivity index (χ1n) is 12.3. The van der Waals surface area contributed by atoms with Gasteiger partial charge in [0, 0.05) is 51.4 Å². The third-order valence-electron chi connectivity index (χ3n) is 6.19. The second kappa shape index (κ2) is 12.2. The number of hydrogen-bond acceptors (Lipinski definition) is 9. The number of aromatic nitrogens is 4. The number of nitrogens with zero attached hydrogens (tertiary/aromatic N) is 5. The van der Waals surface area contributed by atoms with Crippen molar-refractivity contribution in [1.82, 2.24) is 25.4 Å². The summed E-state index contributed by atoms with van der Waals surface area (Å²) in [4.78, 5) is 38.1. The van der Waals surface area contributed by atoms with Gasteiger partial charge in [0.25, 0.3) is 5.91 Å². The summed E-state index contributed by atoms with van der Waals surface area (Å²) in [6.45, 7) is 4.01. The monoisotopic (exact) mass is 511 g/mol. The first-order valence-corrected chi connectivity index (χ1v) is 12.3. The number of benzene rings is 1. The predicted octanol–water partition coefficient (Wildman–Crippen LogP) is 2.65. The SMILES string of the molecule is Cc1nc(-c2cnc(N3CCC(CCCOc4ccc(C(=O)NCCC(N)=O)c(F)c4)CC3)nc2)no1. The lowest BCUT2D eigenvalue weighted by Gasteiger charge is -2.32. The Hall–Kier alpha value is -4.09. The number of hydrogen-bond donors (Lipinski definition) is 2. The molecule has 1 saturated heterocycles. The molecule has 0 spiro atoms. The zero-order valence-electron chi connectivity index (χ0n) is 20.7. The van der Waals surface area contributed by atoms with E-state index in [2.05, 4.69) is 30.3 Å². The minimum atomic E-state index is -0.677. The van der Waals surface area contributed by atoms with Crippen LogP contribution < -0.4 is 20.7 Å². The molecule has 0 saturated carbocycles. The molecule has 3 aromatic rings. The number of ether oxygens (including phenoxy) is 1. The lowest BCUT2D eigenvalue weighted by Crippen LogP contribution is -2.34. The van der Waals surface area contributed by atoms with Crippen molar-refractivity contribution in [3.63, 3.8) is 0 Å². The summed E-state index contributed by atoms with van der Waals surface area (Å²) in [5.41, 5.74) is 5.64. The van der Waals surface area contributed by atoms with Crippen LogP contribution >= 0.6 is 0 Å². The number of primary amides is 1. The van der Waals surface area contributed by atoms with Crippen molar-refractivity contribution < 1.29 is 23.2 Å². The van der Waals surface area contributed by atoms with Crippen molar-refractivity contribution in [3.05, 3.63) is 47.9 Å². The maximum absolute atomic E-state index is 14.3. The van der Waals surface area contributed by atoms with Gasteiger partial charge in [-0.1, -0.05) is 5.16 Å². The Labute approximate surface area is 213 Å². The molecule has 1 aliphatic heterocycles. The quantitative estimate of drug-likeness (QED) is 0.370. The number of nitrogens with two attached hydrogens (primary N) is 1. The molecule has 3 heterocycles. The summed E-state index contributed by atoms with van der Waals surface area (Å²) in [5.74, 6) is 0.804. The summed E-state index contributed by atoms with van der Waals surface area (Å²) in [6, 6.07) is 4.14. The lowest BCUT2D eigenvalue weighted by molar-refractivity contribution is -0.117. The number of carbonyl (C=O) groups excluding carboxylic acids is 2. The normalized spacial score (nSPS) is 13.9. The maximum Gasteiger partial charge on any atom is 0.254 e. The zero-order valence-corrected chi connectivity index (χ0v) is 20.7. The van der Waals surface area contributed by atoms with Crippen LogP contribution in [0.2, 0.25) is 0 Å². The first-order chi connectivity index (χ1) is 17.9. The fraction of sp³-hybridized carbons (Fsp3) is 0.440. The summed E-state index contributed by atoms with van der Waals surface area (Å²) < 4.78 is 25.0. The van der Waals surface area contributed by atoms with Gasteiger partial charge >= 0.3 is 0 Å². The van der Waals surface area contributed by atoms with Crippen LogP contribution in [0.5, 0.6) is 5.75 Å². The number of amides is 2. The van der Waals surface area contributed by atoms with Gasteiger partial charge in [-0.2, -0.15) is 4.98 Å². The number of carbonyl (C=O) groups is 2. The number of aryl methyl sites for hydroxylation is 1. The van der Waals surface area contributed by atoms with Crippen LogP contribution in [-0.2, 0) is 4.79 Å². The van der Waals surface area contributed by atoms with Gasteiger partial charge in [-0.3, -0.25) is 9.59 Å². The van der Waals surface area contributed by atoms with Crippen LogP contribution in [0, 0.1) is 18.7 Å². The maximum atomic E-state index is 14.3. The highest BCUT2D eigenvalue weighted by Gasteiger charge is 2.21. The molecular weight excluding hydrogens is 481 g/mol. The molecule has 0 unspecified atom stereocenters. The second-order valence-electron chi connectivity index (χ2n) is 8.94. The van der Waals surface area contributed by atoms with Crippen molar-refractivity contribution >= 4 is 17.8 Å². The highest BCUT2D eigenvalue weighted by atomic mass is 19.1. The molecule has 3 N–H and O–H groups in total. The standard InChI is InChI=1S/C25H30FN7O4/c1-16-31-23(32-37-16)18-14-29-25(30-15-18)33-10-7-17(8-11-33)3-2-12-36-19-4-5-20(21(26)13-19)24(35)28-9-6-22(27)34/h4-5,13-15,17H,2-3,6-12H2,1H3,(H2,27,34)(H,28,35). The van der Waals surface area contributed by atoms with E-state index in [-0.39, 0.29) is 18.5 Å². The number of halogens is 1. The van der Waals surface area contributed by atoms with Gasteiger partial charge in [-0.25, -0.2) is 14.4 Å². The number of nitrogens with one attached hydrogen (secondary N) is 1. The Balaban J connectivity index is 1.16. The molecule has 0 radical (unpaired) electrons. The van der Waals surface area contributed by atoms with E-state index in [1.54, 1.807) is 25.4 Å². The molecule has 0 bridgehead atoms. The summed E-state index contributed by atoms with van der Waals surface area (Å²) >= 11 is 0. The fourth-order valence-corrected chi connectivity index (χ4v) is 4.16. The Bertz CT molecular complexity index is 1210. The van der Waals surface area contributed by atoms with Gasteiger partial charge in [-0.15, -0.1) is 0 Å². The third kappa shape index (κ3) is 7.21. The van der Waals surface area contributed by atoms with Gasteiger partial charge in [0.05, 0.1) is 17.7 Å². The Morgan fingerprint density at radius 1 is 1.24 bits per heavy atom. The van der Waals surface area contributed by atoms with E-state index in [0.717, 1.165) is 38.8 Å². The molecule has 1 aliphatic rings. The Morgan fingerprint density at radius 2 is 2.00 bits per heavy atom. The van der Waals surface area contributed by atoms with Crippen molar-refractivity contribution in [1.29, 1.82) is 0 Å². The van der Waals surface area contributed by atoms with Gasteiger partial charge < -0.3 is 25.2 Å². The number of anilines is 1. The zero-order chi connectivity index (χ0) is 26.2. The minimum absolute atomic E-state index is 0.00316. The summed E-state index contributed by atoms with van der Waals surface area (Å²) in [7, 11) is 0. The average molecular weight is 512 g/mol. The predicted molar refractivity (Wildman–Crippen MR) is 132 cm³/mol. The molecule has 11 nitrogen and oxygen atoms in total. The van der Waals surface area contributed by atoms with E-state index >= 15 is 0 Å². The summed E-state index contributed by atoms with van der Waals surface area (Å²) in [6.07, 6.45) is 7.33. The molecule has 37 heavy (non-hydrogen) atoms. The summed E-state index contributed by atoms with van der Waals surface area (Å²) in [5, 5.41) is 6.35. The molecular formula is C25H30FN7O4. The molecule has 1 aromatic carbocycles. The van der Waals surface area contributed by atoms with E-state index in [9.17, 15) is 14.0 Å². The van der Waals surface area contributed by atoms with Crippen LogP contribution in [0.1, 0.15) is 48.4 Å². The van der Waals surface area contributed by atoms with Crippen molar-refractivity contribution in [2.45, 2.75) is 39.0 Å². The number of rotatable bonds is 11. The van der Waals surface area contributed by atoms with Crippen molar-refractivity contribution in [2.24, 2.45) is 11.7 Å². The first kappa shape index (κ1) is 26.0. The molecule has 2 amide bonds. The highest BCUT2D eigenvalue weighted by molar-refractivity contribution is 5.94. The molecule has 12 heteroatoms. The fourth-order valence-electron chi connectivity index (χ4n) is 4.16. The molecule has 0 atom stereocenters. The third-order valence-corrected chi connectivity index (χ3v) is 6.19. The van der Waals surface area contributed by atoms with Gasteiger partial charge in [0.2, 0.25) is 23.6 Å². The largest absolute Gasteiger partial charge is 0.493 e. The number of piperidine rings is 1. The van der Waals surface area contributed by atoms with Gasteiger partial charge in [-0.05, 0) is 43.7 Å². The van der Waals surface area contributed by atoms with E-state index in [0.29, 0.717) is 41.5 Å². The van der Waals surface area contributed by atoms with E-state index < -0.39 is 17.6 Å². The average Bonchev–Trinajstić information content (AvgIpc) is 3.33. The molecule has 196 valence electrons. The van der Waals surface area contributed by atoms with Crippen LogP contribution in [0.25, 0.3) is 11.4 Å². The highest BCUT2D eigenvalue weighted by Crippen LogP contribution is 2.25. The minimum Gasteiger partial charge on any atom is -0.493 e. The van der Waals surface area contributed by atoms with Crippen molar-refractivity contribution in [3.8, 4) is 17.1 Å². The van der Waals surface area contributed by atoms with Crippen LogP contribution in [-0.4, -0.2) is 58.2 Å². The Morgan fingerprint density at radius 3 is 2.65 bits per heavy atom. The second-order valence-corrected chi connectivity index (χ2v) is 8.94. The molecule has 4 rings (SSSR count). The van der Waals surface area contributed by atoms with Gasteiger partial charge in [0.15, 0.2) is 0 Å². The molecule has 2 aromatic heterocycles. The van der Waals surface area contributed by atoms with Crippen LogP contribution in [0.3, 0.4) is 0 Å². The molecule has 0 aliphatic carbocycles. The van der Waals surface area contributed by atoms with Crippen molar-refractivity contribution in [2.75, 3.05) is 31.1 Å². The Kier molecular flexibility index (Phi) is 8.60. The van der Waals surface area contributed by atoms with E-state index in [1.807, 2.05) is 0 Å². The smallest absolute Gasteiger partial charge is 0.254 e. The molecule has 1 fully saturated rings. The van der Waals surface area contributed by atoms with E-state index in [1.165, 1.54) is 12.1 Å². The van der Waals surface area contributed by atoms with E-state index in [4.69, 9.17) is 15.0 Å². The topological polar surface area (TPSA) is 149 Å².